The standard InChI is InChI=1S/C11H18N4O2S/c1-13(2)18(16,17)14-6-7-15-11(8-14)9-4-3-5-10(9)12-15/h3-8H2,1-2H3. The third-order valence-corrected chi connectivity index (χ3v) is 5.65. The van der Waals surface area contributed by atoms with Crippen molar-refractivity contribution in [3.8, 4) is 0 Å². The Balaban J connectivity index is 1.94. The van der Waals surface area contributed by atoms with Gasteiger partial charge in [0, 0.05) is 20.6 Å². The Morgan fingerprint density at radius 2 is 2.00 bits per heavy atom. The van der Waals surface area contributed by atoms with E-state index in [1.807, 2.05) is 4.68 Å². The molecule has 0 spiro atoms. The zero-order valence-corrected chi connectivity index (χ0v) is 11.6. The summed E-state index contributed by atoms with van der Waals surface area (Å²) >= 11 is 0. The number of fused-ring (bicyclic) bond motifs is 3. The van der Waals surface area contributed by atoms with E-state index >= 15 is 0 Å². The Hall–Kier alpha value is -0.920. The van der Waals surface area contributed by atoms with Crippen LogP contribution in [-0.2, 0) is 36.1 Å². The van der Waals surface area contributed by atoms with Crippen LogP contribution in [0, 0.1) is 0 Å². The number of aromatic nitrogens is 2. The van der Waals surface area contributed by atoms with E-state index in [9.17, 15) is 8.42 Å². The van der Waals surface area contributed by atoms with Gasteiger partial charge in [0.25, 0.3) is 10.2 Å². The van der Waals surface area contributed by atoms with E-state index < -0.39 is 10.2 Å². The predicted octanol–water partition coefficient (Wildman–Crippen LogP) is -0.00620. The van der Waals surface area contributed by atoms with Gasteiger partial charge in [-0.1, -0.05) is 0 Å². The van der Waals surface area contributed by atoms with Crippen molar-refractivity contribution >= 4 is 10.2 Å². The molecule has 1 aromatic heterocycles. The van der Waals surface area contributed by atoms with Crippen molar-refractivity contribution in [2.75, 3.05) is 20.6 Å². The molecular weight excluding hydrogens is 252 g/mol. The summed E-state index contributed by atoms with van der Waals surface area (Å²) in [5, 5.41) is 4.57. The van der Waals surface area contributed by atoms with Crippen LogP contribution in [0.4, 0.5) is 0 Å². The molecule has 6 nitrogen and oxygen atoms in total. The van der Waals surface area contributed by atoms with Crippen molar-refractivity contribution in [2.45, 2.75) is 32.4 Å². The maximum absolute atomic E-state index is 12.1. The second-order valence-electron chi connectivity index (χ2n) is 5.07. The lowest BCUT2D eigenvalue weighted by Crippen LogP contribution is -2.44. The van der Waals surface area contributed by atoms with Crippen LogP contribution < -0.4 is 0 Å². The Kier molecular flexibility index (Phi) is 2.72. The largest absolute Gasteiger partial charge is 0.281 e. The van der Waals surface area contributed by atoms with Crippen LogP contribution in [0.1, 0.15) is 23.4 Å². The smallest absolute Gasteiger partial charge is 0.266 e. The van der Waals surface area contributed by atoms with Gasteiger partial charge in [0.05, 0.1) is 24.5 Å². The van der Waals surface area contributed by atoms with E-state index in [1.54, 1.807) is 18.4 Å². The molecule has 0 amide bonds. The minimum Gasteiger partial charge on any atom is -0.266 e. The lowest BCUT2D eigenvalue weighted by molar-refractivity contribution is 0.306. The maximum Gasteiger partial charge on any atom is 0.281 e. The van der Waals surface area contributed by atoms with Gasteiger partial charge in [-0.05, 0) is 24.8 Å². The third-order valence-electron chi connectivity index (χ3n) is 3.77. The molecule has 0 atom stereocenters. The van der Waals surface area contributed by atoms with E-state index in [-0.39, 0.29) is 0 Å². The van der Waals surface area contributed by atoms with Gasteiger partial charge in [0.2, 0.25) is 0 Å². The Labute approximate surface area is 107 Å². The molecule has 0 saturated carbocycles. The van der Waals surface area contributed by atoms with E-state index in [4.69, 9.17) is 0 Å². The molecule has 0 bridgehead atoms. The zero-order chi connectivity index (χ0) is 12.9. The molecule has 1 aromatic rings. The first-order valence-electron chi connectivity index (χ1n) is 6.25. The Morgan fingerprint density at radius 3 is 2.72 bits per heavy atom. The lowest BCUT2D eigenvalue weighted by Gasteiger charge is -2.29. The van der Waals surface area contributed by atoms with Crippen LogP contribution in [0.25, 0.3) is 0 Å². The van der Waals surface area contributed by atoms with Crippen molar-refractivity contribution < 1.29 is 8.42 Å². The summed E-state index contributed by atoms with van der Waals surface area (Å²) in [7, 11) is -0.162. The topological polar surface area (TPSA) is 58.4 Å². The highest BCUT2D eigenvalue weighted by molar-refractivity contribution is 7.86. The van der Waals surface area contributed by atoms with E-state index in [1.165, 1.54) is 15.6 Å². The van der Waals surface area contributed by atoms with Crippen LogP contribution in [0.15, 0.2) is 0 Å². The summed E-state index contributed by atoms with van der Waals surface area (Å²) < 4.78 is 29.1. The molecule has 1 aliphatic heterocycles. The molecule has 0 unspecified atom stereocenters. The molecule has 0 radical (unpaired) electrons. The second kappa shape index (κ2) is 4.04. The average molecular weight is 270 g/mol. The number of rotatable bonds is 2. The quantitative estimate of drug-likeness (QED) is 0.759. The maximum atomic E-state index is 12.1. The molecule has 0 saturated heterocycles. The molecule has 18 heavy (non-hydrogen) atoms. The molecule has 2 aliphatic rings. The zero-order valence-electron chi connectivity index (χ0n) is 10.8. The van der Waals surface area contributed by atoms with Gasteiger partial charge >= 0.3 is 0 Å². The third kappa shape index (κ3) is 1.69. The molecule has 2 heterocycles. The van der Waals surface area contributed by atoms with Crippen molar-refractivity contribution in [1.82, 2.24) is 18.4 Å². The molecule has 0 N–H and O–H groups in total. The first-order valence-corrected chi connectivity index (χ1v) is 7.65. The lowest BCUT2D eigenvalue weighted by atomic mass is 10.2. The molecule has 1 aliphatic carbocycles. The number of nitrogens with zero attached hydrogens (tertiary/aromatic N) is 4. The number of hydrogen-bond acceptors (Lipinski definition) is 3. The van der Waals surface area contributed by atoms with Crippen molar-refractivity contribution in [3.63, 3.8) is 0 Å². The van der Waals surface area contributed by atoms with Crippen LogP contribution in [0.3, 0.4) is 0 Å². The molecule has 100 valence electrons. The van der Waals surface area contributed by atoms with Gasteiger partial charge in [0.1, 0.15) is 0 Å². The van der Waals surface area contributed by atoms with Gasteiger partial charge < -0.3 is 0 Å². The summed E-state index contributed by atoms with van der Waals surface area (Å²) in [6.45, 7) is 1.63. The van der Waals surface area contributed by atoms with E-state index in [0.717, 1.165) is 25.0 Å². The molecule has 0 aromatic carbocycles. The highest BCUT2D eigenvalue weighted by atomic mass is 32.2. The van der Waals surface area contributed by atoms with Gasteiger partial charge in [-0.3, -0.25) is 4.68 Å². The average Bonchev–Trinajstić information content (AvgIpc) is 2.87. The first-order chi connectivity index (χ1) is 8.50. The van der Waals surface area contributed by atoms with Crippen LogP contribution >= 0.6 is 0 Å². The van der Waals surface area contributed by atoms with Crippen LogP contribution in [0.5, 0.6) is 0 Å². The summed E-state index contributed by atoms with van der Waals surface area (Å²) in [6, 6.07) is 0. The molecular formula is C11H18N4O2S. The summed E-state index contributed by atoms with van der Waals surface area (Å²) in [4.78, 5) is 0. The van der Waals surface area contributed by atoms with Gasteiger partial charge in [-0.2, -0.15) is 22.1 Å². The second-order valence-corrected chi connectivity index (χ2v) is 7.21. The van der Waals surface area contributed by atoms with Gasteiger partial charge in [-0.15, -0.1) is 0 Å². The summed E-state index contributed by atoms with van der Waals surface area (Å²) in [6.07, 6.45) is 3.22. The summed E-state index contributed by atoms with van der Waals surface area (Å²) in [5.74, 6) is 0. The SMILES string of the molecule is CN(C)S(=O)(=O)N1CCn2nc3c(c2C1)CCC3. The monoisotopic (exact) mass is 270 g/mol. The molecule has 0 fully saturated rings. The van der Waals surface area contributed by atoms with Gasteiger partial charge in [0.15, 0.2) is 0 Å². The normalized spacial score (nSPS) is 20.2. The number of hydrogen-bond donors (Lipinski definition) is 0. The molecule has 7 heteroatoms. The summed E-state index contributed by atoms with van der Waals surface area (Å²) in [5.41, 5.74) is 3.56. The molecule has 3 rings (SSSR count). The Bertz CT molecular complexity index is 576. The Morgan fingerprint density at radius 1 is 1.22 bits per heavy atom. The highest BCUT2D eigenvalue weighted by Gasteiger charge is 2.32. The van der Waals surface area contributed by atoms with Gasteiger partial charge in [-0.25, -0.2) is 0 Å². The van der Waals surface area contributed by atoms with Crippen molar-refractivity contribution in [2.24, 2.45) is 0 Å². The van der Waals surface area contributed by atoms with Crippen LogP contribution in [-0.4, -0.2) is 47.4 Å². The fourth-order valence-electron chi connectivity index (χ4n) is 2.75. The number of aryl methyl sites for hydroxylation is 1. The fraction of sp³-hybridized carbons (Fsp3) is 0.727. The highest BCUT2D eigenvalue weighted by Crippen LogP contribution is 2.28. The minimum atomic E-state index is -3.31. The minimum absolute atomic E-state index is 0.461. The van der Waals surface area contributed by atoms with Crippen molar-refractivity contribution in [1.29, 1.82) is 0 Å². The van der Waals surface area contributed by atoms with E-state index in [0.29, 0.717) is 19.6 Å². The van der Waals surface area contributed by atoms with Crippen molar-refractivity contribution in [3.05, 3.63) is 17.0 Å². The van der Waals surface area contributed by atoms with E-state index in [2.05, 4.69) is 5.10 Å². The first kappa shape index (κ1) is 12.1. The fourth-order valence-corrected chi connectivity index (χ4v) is 3.81. The predicted molar refractivity (Wildman–Crippen MR) is 67.3 cm³/mol. The van der Waals surface area contributed by atoms with Crippen LogP contribution in [0.2, 0.25) is 0 Å².